The van der Waals surface area contributed by atoms with Crippen LogP contribution in [0.15, 0.2) is 30.3 Å². The molecule has 3 nitrogen and oxygen atoms in total. The van der Waals surface area contributed by atoms with Crippen LogP contribution in [0.1, 0.15) is 25.5 Å². The summed E-state index contributed by atoms with van der Waals surface area (Å²) in [6.07, 6.45) is -0.627. The molecule has 1 aromatic rings. The third-order valence-electron chi connectivity index (χ3n) is 2.41. The van der Waals surface area contributed by atoms with Gasteiger partial charge in [0, 0.05) is 7.11 Å². The average Bonchev–Trinajstić information content (AvgIpc) is 2.29. The quantitative estimate of drug-likeness (QED) is 0.804. The Bertz CT molecular complexity index is 284. The first-order valence-electron chi connectivity index (χ1n) is 5.52. The lowest BCUT2D eigenvalue weighted by molar-refractivity contribution is -0.0700. The van der Waals surface area contributed by atoms with Crippen LogP contribution in [-0.2, 0) is 9.47 Å². The third kappa shape index (κ3) is 3.93. The van der Waals surface area contributed by atoms with Gasteiger partial charge in [0.25, 0.3) is 0 Å². The van der Waals surface area contributed by atoms with Crippen LogP contribution in [0.25, 0.3) is 0 Å². The predicted molar refractivity (Wildman–Crippen MR) is 63.3 cm³/mol. The highest BCUT2D eigenvalue weighted by Crippen LogP contribution is 2.22. The van der Waals surface area contributed by atoms with Gasteiger partial charge < -0.3 is 14.6 Å². The molecular formula is C13H20O3. The van der Waals surface area contributed by atoms with Gasteiger partial charge in [-0.1, -0.05) is 30.3 Å². The first kappa shape index (κ1) is 13.2. The molecule has 3 unspecified atom stereocenters. The van der Waals surface area contributed by atoms with Crippen molar-refractivity contribution >= 4 is 0 Å². The van der Waals surface area contributed by atoms with Gasteiger partial charge in [0.2, 0.25) is 0 Å². The van der Waals surface area contributed by atoms with E-state index in [0.717, 1.165) is 5.56 Å². The maximum atomic E-state index is 9.16. The summed E-state index contributed by atoms with van der Waals surface area (Å²) in [5.41, 5.74) is 1.09. The first-order chi connectivity index (χ1) is 7.65. The third-order valence-corrected chi connectivity index (χ3v) is 2.41. The summed E-state index contributed by atoms with van der Waals surface area (Å²) in [7, 11) is 1.67. The number of aliphatic hydroxyl groups is 1. The van der Waals surface area contributed by atoms with Crippen LogP contribution in [0.3, 0.4) is 0 Å². The van der Waals surface area contributed by atoms with Crippen molar-refractivity contribution in [1.29, 1.82) is 0 Å². The predicted octanol–water partition coefficient (Wildman–Crippen LogP) is 2.16. The maximum absolute atomic E-state index is 9.16. The molecule has 0 radical (unpaired) electrons. The Balaban J connectivity index is 2.60. The van der Waals surface area contributed by atoms with E-state index >= 15 is 0 Å². The molecular weight excluding hydrogens is 204 g/mol. The van der Waals surface area contributed by atoms with E-state index in [4.69, 9.17) is 14.6 Å². The van der Waals surface area contributed by atoms with Gasteiger partial charge in [-0.2, -0.15) is 0 Å². The van der Waals surface area contributed by atoms with Crippen molar-refractivity contribution in [1.82, 2.24) is 0 Å². The van der Waals surface area contributed by atoms with Crippen LogP contribution in [0.4, 0.5) is 0 Å². The fourth-order valence-electron chi connectivity index (χ4n) is 1.62. The first-order valence-corrected chi connectivity index (χ1v) is 5.52. The summed E-state index contributed by atoms with van der Waals surface area (Å²) in [5, 5.41) is 9.16. The summed E-state index contributed by atoms with van der Waals surface area (Å²) in [5.74, 6) is 0. The molecule has 1 rings (SSSR count). The van der Waals surface area contributed by atoms with E-state index in [1.54, 1.807) is 14.0 Å². The zero-order chi connectivity index (χ0) is 12.0. The van der Waals surface area contributed by atoms with Crippen molar-refractivity contribution in [3.8, 4) is 0 Å². The number of benzene rings is 1. The highest BCUT2D eigenvalue weighted by Gasteiger charge is 2.19. The molecule has 1 aromatic carbocycles. The lowest BCUT2D eigenvalue weighted by Gasteiger charge is -2.24. The van der Waals surface area contributed by atoms with Crippen LogP contribution in [0.5, 0.6) is 0 Å². The van der Waals surface area contributed by atoms with E-state index in [2.05, 4.69) is 0 Å². The van der Waals surface area contributed by atoms with E-state index in [0.29, 0.717) is 6.61 Å². The summed E-state index contributed by atoms with van der Waals surface area (Å²) >= 11 is 0. The molecule has 3 atom stereocenters. The zero-order valence-corrected chi connectivity index (χ0v) is 10.1. The van der Waals surface area contributed by atoms with Gasteiger partial charge in [-0.3, -0.25) is 0 Å². The molecule has 90 valence electrons. The van der Waals surface area contributed by atoms with E-state index in [1.165, 1.54) is 0 Å². The molecule has 16 heavy (non-hydrogen) atoms. The molecule has 3 heteroatoms. The molecule has 0 aliphatic rings. The van der Waals surface area contributed by atoms with Crippen molar-refractivity contribution in [2.24, 2.45) is 0 Å². The Kier molecular flexibility index (Phi) is 5.46. The minimum Gasteiger partial charge on any atom is -0.391 e. The lowest BCUT2D eigenvalue weighted by Crippen LogP contribution is -2.24. The fraction of sp³-hybridized carbons (Fsp3) is 0.538. The Hall–Kier alpha value is -0.900. The molecule has 0 saturated carbocycles. The number of rotatable bonds is 6. The summed E-state index contributed by atoms with van der Waals surface area (Å²) < 4.78 is 11.0. The number of ether oxygens (including phenoxy) is 2. The highest BCUT2D eigenvalue weighted by atomic mass is 16.5. The standard InChI is InChI=1S/C13H20O3/c1-10(14)9-16-11(2)13(15-3)12-7-5-4-6-8-12/h4-8,10-11,13-14H,9H2,1-3H3. The Morgan fingerprint density at radius 2 is 1.81 bits per heavy atom. The van der Waals surface area contributed by atoms with Gasteiger partial charge in [0.05, 0.1) is 18.8 Å². The molecule has 0 spiro atoms. The Labute approximate surface area is 97.0 Å². The van der Waals surface area contributed by atoms with Gasteiger partial charge in [-0.25, -0.2) is 0 Å². The number of hydrogen-bond acceptors (Lipinski definition) is 3. The van der Waals surface area contributed by atoms with Crippen LogP contribution in [0, 0.1) is 0 Å². The zero-order valence-electron chi connectivity index (χ0n) is 10.1. The van der Waals surface area contributed by atoms with Crippen LogP contribution >= 0.6 is 0 Å². The number of aliphatic hydroxyl groups excluding tert-OH is 1. The molecule has 0 amide bonds. The fourth-order valence-corrected chi connectivity index (χ4v) is 1.62. The normalized spacial score (nSPS) is 16.8. The molecule has 0 aromatic heterocycles. The Morgan fingerprint density at radius 3 is 2.31 bits per heavy atom. The molecule has 0 bridgehead atoms. The Morgan fingerprint density at radius 1 is 1.19 bits per heavy atom. The van der Waals surface area contributed by atoms with E-state index in [1.807, 2.05) is 37.3 Å². The second-order valence-electron chi connectivity index (χ2n) is 3.95. The van der Waals surface area contributed by atoms with Crippen molar-refractivity contribution in [3.05, 3.63) is 35.9 Å². The summed E-state index contributed by atoms with van der Waals surface area (Å²) in [6, 6.07) is 9.94. The second kappa shape index (κ2) is 6.63. The summed E-state index contributed by atoms with van der Waals surface area (Å²) in [4.78, 5) is 0. The van der Waals surface area contributed by atoms with Gasteiger partial charge >= 0.3 is 0 Å². The van der Waals surface area contributed by atoms with Crippen molar-refractivity contribution in [2.75, 3.05) is 13.7 Å². The maximum Gasteiger partial charge on any atom is 0.108 e. The van der Waals surface area contributed by atoms with Crippen LogP contribution in [-0.4, -0.2) is 31.0 Å². The molecule has 0 aliphatic heterocycles. The van der Waals surface area contributed by atoms with Crippen molar-refractivity contribution in [2.45, 2.75) is 32.2 Å². The molecule has 0 saturated heterocycles. The smallest absolute Gasteiger partial charge is 0.108 e. The van der Waals surface area contributed by atoms with Crippen LogP contribution in [0.2, 0.25) is 0 Å². The van der Waals surface area contributed by atoms with E-state index < -0.39 is 6.10 Å². The van der Waals surface area contributed by atoms with Crippen LogP contribution < -0.4 is 0 Å². The second-order valence-corrected chi connectivity index (χ2v) is 3.95. The lowest BCUT2D eigenvalue weighted by atomic mass is 10.1. The van der Waals surface area contributed by atoms with Gasteiger partial charge in [0.15, 0.2) is 0 Å². The summed E-state index contributed by atoms with van der Waals surface area (Å²) in [6.45, 7) is 3.98. The van der Waals surface area contributed by atoms with Gasteiger partial charge in [0.1, 0.15) is 6.10 Å². The molecule has 0 aliphatic carbocycles. The van der Waals surface area contributed by atoms with Crippen molar-refractivity contribution < 1.29 is 14.6 Å². The minimum atomic E-state index is -0.448. The highest BCUT2D eigenvalue weighted by molar-refractivity contribution is 5.18. The topological polar surface area (TPSA) is 38.7 Å². The average molecular weight is 224 g/mol. The number of hydrogen-bond donors (Lipinski definition) is 1. The van der Waals surface area contributed by atoms with E-state index in [9.17, 15) is 0 Å². The number of methoxy groups -OCH3 is 1. The SMILES string of the molecule is COC(c1ccccc1)C(C)OCC(C)O. The van der Waals surface area contributed by atoms with Gasteiger partial charge in [-0.05, 0) is 19.4 Å². The largest absolute Gasteiger partial charge is 0.391 e. The minimum absolute atomic E-state index is 0.0815. The monoisotopic (exact) mass is 224 g/mol. The van der Waals surface area contributed by atoms with Gasteiger partial charge in [-0.15, -0.1) is 0 Å². The molecule has 0 heterocycles. The molecule has 1 N–H and O–H groups in total. The van der Waals surface area contributed by atoms with Crippen molar-refractivity contribution in [3.63, 3.8) is 0 Å². The van der Waals surface area contributed by atoms with E-state index in [-0.39, 0.29) is 12.2 Å². The molecule has 0 fully saturated rings.